The van der Waals surface area contributed by atoms with E-state index in [4.69, 9.17) is 9.47 Å². The Morgan fingerprint density at radius 1 is 0.902 bits per heavy atom. The lowest BCUT2D eigenvalue weighted by Crippen LogP contribution is -2.49. The molecule has 1 N–H and O–H groups in total. The fourth-order valence-corrected chi connectivity index (χ4v) is 5.11. The van der Waals surface area contributed by atoms with E-state index in [0.29, 0.717) is 36.0 Å². The molecule has 1 fully saturated rings. The Morgan fingerprint density at radius 3 is 2.17 bits per heavy atom. The quantitative estimate of drug-likeness (QED) is 0.231. The van der Waals surface area contributed by atoms with Crippen LogP contribution in [-0.2, 0) is 16.0 Å². The molecule has 0 radical (unpaired) electrons. The summed E-state index contributed by atoms with van der Waals surface area (Å²) in [6.45, 7) is 0.601. The number of Topliss-reactive ketones (excluding diaryl/α,β-unsaturated/α-hetero) is 1. The number of nitrogens with one attached hydrogen (secondary N) is 1. The lowest BCUT2D eigenvalue weighted by atomic mass is 10.0. The molecule has 2 aromatic carbocycles. The first-order chi connectivity index (χ1) is 19.9. The normalized spacial score (nSPS) is 18.3. The van der Waals surface area contributed by atoms with Gasteiger partial charge in [-0.3, -0.25) is 28.9 Å². The summed E-state index contributed by atoms with van der Waals surface area (Å²) in [7, 11) is 1.44. The minimum Gasteiger partial charge on any atom is -0.355 e. The molecule has 3 amide bonds. The second kappa shape index (κ2) is 12.4. The van der Waals surface area contributed by atoms with Gasteiger partial charge in [0.25, 0.3) is 23.3 Å². The molecule has 0 atom stereocenters. The summed E-state index contributed by atoms with van der Waals surface area (Å²) in [5.74, 6) is -1.39. The highest BCUT2D eigenvalue weighted by molar-refractivity contribution is 6.21. The van der Waals surface area contributed by atoms with Crippen LogP contribution >= 0.6 is 0 Å². The number of amides is 3. The number of fused-ring (bicyclic) bond motifs is 1. The maximum absolute atomic E-state index is 13.0. The van der Waals surface area contributed by atoms with Crippen LogP contribution in [0, 0.1) is 0 Å². The van der Waals surface area contributed by atoms with Gasteiger partial charge in [-0.2, -0.15) is 0 Å². The van der Waals surface area contributed by atoms with E-state index >= 15 is 0 Å². The van der Waals surface area contributed by atoms with Crippen molar-refractivity contribution >= 4 is 23.5 Å². The van der Waals surface area contributed by atoms with Crippen molar-refractivity contribution in [3.05, 3.63) is 105 Å². The Kier molecular flexibility index (Phi) is 8.51. The first kappa shape index (κ1) is 28.1. The maximum Gasteiger partial charge on any atom is 0.263 e. The van der Waals surface area contributed by atoms with Crippen LogP contribution in [-0.4, -0.2) is 65.6 Å². The van der Waals surface area contributed by atoms with Crippen molar-refractivity contribution in [2.75, 3.05) is 20.3 Å². The lowest BCUT2D eigenvalue weighted by Gasteiger charge is -2.33. The average Bonchev–Trinajstić information content (AvgIpc) is 3.26. The molecule has 2 aliphatic rings. The summed E-state index contributed by atoms with van der Waals surface area (Å²) in [5.41, 5.74) is 1.42. The zero-order chi connectivity index (χ0) is 28.9. The number of aromatic nitrogens is 1. The zero-order valence-electron chi connectivity index (χ0n) is 22.7. The smallest absolute Gasteiger partial charge is 0.263 e. The standard InChI is InChI=1S/C31H31N3O7/c1-32-28(36)25-15-21(17-33(29(25)37)16-20-9-3-2-4-10-20)26(35)13-7-8-14-27-40-18-22(19-41-27)34-30(38)23-11-5-6-12-24(23)31(34)39/h2-6,9-12,15,17,22,27H,7-8,13-14,16,18-19H2,1H3,(H,32,36). The number of hydrogen-bond acceptors (Lipinski definition) is 7. The molecule has 10 nitrogen and oxygen atoms in total. The van der Waals surface area contributed by atoms with Crippen molar-refractivity contribution in [3.63, 3.8) is 0 Å². The molecule has 0 bridgehead atoms. The molecule has 0 saturated carbocycles. The van der Waals surface area contributed by atoms with Gasteiger partial charge in [0, 0.05) is 25.2 Å². The second-order valence-corrected chi connectivity index (χ2v) is 10.1. The predicted molar refractivity (Wildman–Crippen MR) is 149 cm³/mol. The third kappa shape index (κ3) is 6.03. The molecule has 0 spiro atoms. The van der Waals surface area contributed by atoms with E-state index in [9.17, 15) is 24.0 Å². The molecule has 0 aliphatic carbocycles. The van der Waals surface area contributed by atoms with Crippen LogP contribution in [0.3, 0.4) is 0 Å². The third-order valence-electron chi connectivity index (χ3n) is 7.31. The second-order valence-electron chi connectivity index (χ2n) is 10.1. The van der Waals surface area contributed by atoms with Gasteiger partial charge in [-0.1, -0.05) is 42.5 Å². The van der Waals surface area contributed by atoms with Crippen LogP contribution in [0.2, 0.25) is 0 Å². The number of unbranched alkanes of at least 4 members (excludes halogenated alkanes) is 1. The van der Waals surface area contributed by atoms with Crippen molar-refractivity contribution in [1.82, 2.24) is 14.8 Å². The van der Waals surface area contributed by atoms with E-state index < -0.39 is 23.8 Å². The molecule has 0 unspecified atom stereocenters. The highest BCUT2D eigenvalue weighted by atomic mass is 16.7. The molecule has 5 rings (SSSR count). The van der Waals surface area contributed by atoms with Crippen molar-refractivity contribution in [2.24, 2.45) is 0 Å². The van der Waals surface area contributed by atoms with Gasteiger partial charge in [-0.25, -0.2) is 0 Å². The van der Waals surface area contributed by atoms with Gasteiger partial charge >= 0.3 is 0 Å². The van der Waals surface area contributed by atoms with E-state index in [1.807, 2.05) is 30.3 Å². The number of imide groups is 1. The largest absolute Gasteiger partial charge is 0.355 e. The van der Waals surface area contributed by atoms with E-state index in [1.54, 1.807) is 24.3 Å². The number of rotatable bonds is 10. The van der Waals surface area contributed by atoms with Gasteiger partial charge in [0.1, 0.15) is 5.56 Å². The van der Waals surface area contributed by atoms with Gasteiger partial charge in [0.2, 0.25) is 0 Å². The molecule has 10 heteroatoms. The fourth-order valence-electron chi connectivity index (χ4n) is 5.11. The first-order valence-corrected chi connectivity index (χ1v) is 13.6. The number of nitrogens with zero attached hydrogens (tertiary/aromatic N) is 2. The van der Waals surface area contributed by atoms with Crippen LogP contribution < -0.4 is 10.9 Å². The summed E-state index contributed by atoms with van der Waals surface area (Å²) in [5, 5.41) is 2.47. The number of ketones is 1. The highest BCUT2D eigenvalue weighted by Crippen LogP contribution is 2.27. The molecule has 212 valence electrons. The van der Waals surface area contributed by atoms with Gasteiger partial charge < -0.3 is 19.4 Å². The molecule has 3 aromatic rings. The minimum atomic E-state index is -0.544. The zero-order valence-corrected chi connectivity index (χ0v) is 22.7. The fraction of sp³-hybridized carbons (Fsp3) is 0.323. The highest BCUT2D eigenvalue weighted by Gasteiger charge is 2.41. The molecule has 1 saturated heterocycles. The SMILES string of the molecule is CNC(=O)c1cc(C(=O)CCCCC2OCC(N3C(=O)c4ccccc4C3=O)CO2)cn(Cc2ccccc2)c1=O. The Balaban J connectivity index is 1.13. The van der Waals surface area contributed by atoms with E-state index in [-0.39, 0.29) is 49.3 Å². The Hall–Kier alpha value is -4.41. The maximum atomic E-state index is 13.0. The van der Waals surface area contributed by atoms with Crippen molar-refractivity contribution in [3.8, 4) is 0 Å². The molecule has 3 heterocycles. The van der Waals surface area contributed by atoms with Crippen LogP contribution in [0.1, 0.15) is 72.7 Å². The van der Waals surface area contributed by atoms with Crippen LogP contribution in [0.25, 0.3) is 0 Å². The van der Waals surface area contributed by atoms with Gasteiger partial charge in [-0.05, 0) is 43.0 Å². The first-order valence-electron chi connectivity index (χ1n) is 13.6. The van der Waals surface area contributed by atoms with Crippen molar-refractivity contribution in [1.29, 1.82) is 0 Å². The van der Waals surface area contributed by atoms with Gasteiger partial charge in [-0.15, -0.1) is 0 Å². The Labute approximate surface area is 236 Å². The van der Waals surface area contributed by atoms with Crippen molar-refractivity contribution in [2.45, 2.75) is 44.6 Å². The molecule has 1 aromatic heterocycles. The summed E-state index contributed by atoms with van der Waals surface area (Å²) in [6.07, 6.45) is 2.97. The third-order valence-corrected chi connectivity index (χ3v) is 7.31. The van der Waals surface area contributed by atoms with E-state index in [1.165, 1.54) is 28.8 Å². The predicted octanol–water partition coefficient (Wildman–Crippen LogP) is 3.04. The number of pyridine rings is 1. The molecule has 41 heavy (non-hydrogen) atoms. The van der Waals surface area contributed by atoms with Gasteiger partial charge in [0.05, 0.1) is 36.9 Å². The Bertz CT molecular complexity index is 1490. The number of hydrogen-bond donors (Lipinski definition) is 1. The summed E-state index contributed by atoms with van der Waals surface area (Å²) in [4.78, 5) is 64.9. The van der Waals surface area contributed by atoms with Crippen molar-refractivity contribution < 1.29 is 28.7 Å². The molecular weight excluding hydrogens is 526 g/mol. The van der Waals surface area contributed by atoms with Gasteiger partial charge in [0.15, 0.2) is 12.1 Å². The number of benzene rings is 2. The van der Waals surface area contributed by atoms with E-state index in [2.05, 4.69) is 5.32 Å². The lowest BCUT2D eigenvalue weighted by molar-refractivity contribution is -0.200. The minimum absolute atomic E-state index is 0.0779. The summed E-state index contributed by atoms with van der Waals surface area (Å²) >= 11 is 0. The average molecular weight is 558 g/mol. The monoisotopic (exact) mass is 557 g/mol. The van der Waals surface area contributed by atoms with Crippen LogP contribution in [0.4, 0.5) is 0 Å². The Morgan fingerprint density at radius 2 is 1.54 bits per heavy atom. The summed E-state index contributed by atoms with van der Waals surface area (Å²) in [6, 6.07) is 16.9. The summed E-state index contributed by atoms with van der Waals surface area (Å²) < 4.78 is 13.0. The molecular formula is C31H31N3O7. The topological polar surface area (TPSA) is 124 Å². The number of ether oxygens (including phenoxy) is 2. The number of carbonyl (C=O) groups is 4. The van der Waals surface area contributed by atoms with Crippen LogP contribution in [0.5, 0.6) is 0 Å². The van der Waals surface area contributed by atoms with Crippen LogP contribution in [0.15, 0.2) is 71.7 Å². The number of carbonyl (C=O) groups excluding carboxylic acids is 4. The molecule has 2 aliphatic heterocycles. The van der Waals surface area contributed by atoms with E-state index in [0.717, 1.165) is 5.56 Å².